The molecule has 4 nitrogen and oxygen atoms in total. The van der Waals surface area contributed by atoms with Crippen LogP contribution in [-0.4, -0.2) is 55.7 Å². The molecule has 96 valence electrons. The molecule has 1 N–H and O–H groups in total. The van der Waals surface area contributed by atoms with E-state index in [0.29, 0.717) is 6.54 Å². The highest BCUT2D eigenvalue weighted by Crippen LogP contribution is 2.13. The van der Waals surface area contributed by atoms with Crippen molar-refractivity contribution in [3.63, 3.8) is 0 Å². The average Bonchev–Trinajstić information content (AvgIpc) is 2.25. The molecule has 0 amide bonds. The van der Waals surface area contributed by atoms with Crippen LogP contribution in [-0.2, 0) is 9.84 Å². The highest BCUT2D eigenvalue weighted by molar-refractivity contribution is 7.91. The molecule has 0 saturated carbocycles. The lowest BCUT2D eigenvalue weighted by atomic mass is 10.2. The standard InChI is InChI=1S/C11H23NO3S/c1-2-3-4-5-6-12-7-8-16(14,15)10-11(12)9-13/h11,13H,2-10H2,1H3/t11-/m0/s1. The van der Waals surface area contributed by atoms with Gasteiger partial charge >= 0.3 is 0 Å². The number of aliphatic hydroxyl groups is 1. The largest absolute Gasteiger partial charge is 0.395 e. The van der Waals surface area contributed by atoms with E-state index in [1.165, 1.54) is 19.3 Å². The molecule has 1 rings (SSSR count). The maximum Gasteiger partial charge on any atom is 0.153 e. The van der Waals surface area contributed by atoms with Crippen molar-refractivity contribution in [2.75, 3.05) is 31.2 Å². The number of aliphatic hydroxyl groups excluding tert-OH is 1. The van der Waals surface area contributed by atoms with Crippen molar-refractivity contribution in [1.82, 2.24) is 4.90 Å². The third-order valence-corrected chi connectivity index (χ3v) is 4.86. The molecule has 1 aliphatic rings. The van der Waals surface area contributed by atoms with Gasteiger partial charge in [0.05, 0.1) is 18.1 Å². The lowest BCUT2D eigenvalue weighted by Crippen LogP contribution is -2.50. The highest BCUT2D eigenvalue weighted by atomic mass is 32.2. The summed E-state index contributed by atoms with van der Waals surface area (Å²) in [5, 5.41) is 9.19. The Balaban J connectivity index is 2.35. The molecule has 0 bridgehead atoms. The average molecular weight is 249 g/mol. The summed E-state index contributed by atoms with van der Waals surface area (Å²) in [7, 11) is -2.91. The fourth-order valence-electron chi connectivity index (χ4n) is 2.13. The van der Waals surface area contributed by atoms with Gasteiger partial charge in [-0.3, -0.25) is 4.90 Å². The van der Waals surface area contributed by atoms with E-state index in [2.05, 4.69) is 11.8 Å². The van der Waals surface area contributed by atoms with Crippen molar-refractivity contribution < 1.29 is 13.5 Å². The van der Waals surface area contributed by atoms with Crippen LogP contribution in [0.1, 0.15) is 32.6 Å². The van der Waals surface area contributed by atoms with Gasteiger partial charge in [-0.05, 0) is 13.0 Å². The first-order valence-corrected chi connectivity index (χ1v) is 7.96. The fraction of sp³-hybridized carbons (Fsp3) is 1.00. The summed E-state index contributed by atoms with van der Waals surface area (Å²) in [6.45, 7) is 3.62. The van der Waals surface area contributed by atoms with Gasteiger partial charge in [-0.2, -0.15) is 0 Å². The van der Waals surface area contributed by atoms with Gasteiger partial charge in [-0.1, -0.05) is 26.2 Å². The first kappa shape index (κ1) is 13.9. The van der Waals surface area contributed by atoms with Gasteiger partial charge in [0.1, 0.15) is 0 Å². The predicted octanol–water partition coefficient (Wildman–Crippen LogP) is 0.658. The monoisotopic (exact) mass is 249 g/mol. The molecule has 1 heterocycles. The Hall–Kier alpha value is -0.130. The van der Waals surface area contributed by atoms with E-state index in [1.54, 1.807) is 0 Å². The van der Waals surface area contributed by atoms with Gasteiger partial charge < -0.3 is 5.11 Å². The van der Waals surface area contributed by atoms with Crippen molar-refractivity contribution >= 4 is 9.84 Å². The molecule has 1 saturated heterocycles. The molecular formula is C11H23NO3S. The van der Waals surface area contributed by atoms with Gasteiger partial charge in [0, 0.05) is 12.6 Å². The number of nitrogens with zero attached hydrogens (tertiary/aromatic N) is 1. The minimum atomic E-state index is -2.91. The highest BCUT2D eigenvalue weighted by Gasteiger charge is 2.29. The zero-order valence-corrected chi connectivity index (χ0v) is 10.9. The maximum absolute atomic E-state index is 11.4. The minimum Gasteiger partial charge on any atom is -0.395 e. The molecule has 16 heavy (non-hydrogen) atoms. The van der Waals surface area contributed by atoms with E-state index in [4.69, 9.17) is 0 Å². The second-order valence-electron chi connectivity index (χ2n) is 4.55. The van der Waals surface area contributed by atoms with Gasteiger partial charge in [-0.25, -0.2) is 8.42 Å². The molecule has 0 unspecified atom stereocenters. The summed E-state index contributed by atoms with van der Waals surface area (Å²) in [5.41, 5.74) is 0. The van der Waals surface area contributed by atoms with Gasteiger partial charge in [0.15, 0.2) is 9.84 Å². The minimum absolute atomic E-state index is 0.0486. The van der Waals surface area contributed by atoms with Crippen LogP contribution in [0.5, 0.6) is 0 Å². The van der Waals surface area contributed by atoms with Crippen LogP contribution in [0.15, 0.2) is 0 Å². The Morgan fingerprint density at radius 1 is 1.31 bits per heavy atom. The number of hydrogen-bond donors (Lipinski definition) is 1. The van der Waals surface area contributed by atoms with E-state index in [1.807, 2.05) is 0 Å². The van der Waals surface area contributed by atoms with Crippen LogP contribution in [0.25, 0.3) is 0 Å². The molecule has 0 aromatic carbocycles. The number of sulfone groups is 1. The summed E-state index contributed by atoms with van der Waals surface area (Å²) < 4.78 is 22.8. The summed E-state index contributed by atoms with van der Waals surface area (Å²) in [5.74, 6) is 0.370. The Labute approximate surface area is 98.6 Å². The van der Waals surface area contributed by atoms with E-state index in [9.17, 15) is 13.5 Å². The molecule has 0 aromatic rings. The third-order valence-electron chi connectivity index (χ3n) is 3.16. The second-order valence-corrected chi connectivity index (χ2v) is 6.78. The first-order chi connectivity index (χ1) is 7.59. The van der Waals surface area contributed by atoms with Crippen LogP contribution in [0.4, 0.5) is 0 Å². The summed E-state index contributed by atoms with van der Waals surface area (Å²) in [6, 6.07) is -0.180. The van der Waals surface area contributed by atoms with Crippen molar-refractivity contribution in [3.8, 4) is 0 Å². The zero-order valence-electron chi connectivity index (χ0n) is 10.1. The Kier molecular flexibility index (Phi) is 5.72. The topological polar surface area (TPSA) is 57.6 Å². The van der Waals surface area contributed by atoms with Gasteiger partial charge in [0.2, 0.25) is 0 Å². The zero-order chi connectivity index (χ0) is 12.0. The molecule has 0 aliphatic carbocycles. The smallest absolute Gasteiger partial charge is 0.153 e. The van der Waals surface area contributed by atoms with Crippen LogP contribution < -0.4 is 0 Å². The lowest BCUT2D eigenvalue weighted by molar-refractivity contribution is 0.134. The van der Waals surface area contributed by atoms with E-state index < -0.39 is 9.84 Å². The Morgan fingerprint density at radius 2 is 2.06 bits per heavy atom. The maximum atomic E-state index is 11.4. The van der Waals surface area contributed by atoms with Crippen molar-refractivity contribution in [2.24, 2.45) is 0 Å². The van der Waals surface area contributed by atoms with Crippen LogP contribution in [0, 0.1) is 0 Å². The van der Waals surface area contributed by atoms with Crippen molar-refractivity contribution in [3.05, 3.63) is 0 Å². The van der Waals surface area contributed by atoms with Gasteiger partial charge in [-0.15, -0.1) is 0 Å². The quantitative estimate of drug-likeness (QED) is 0.703. The van der Waals surface area contributed by atoms with Crippen molar-refractivity contribution in [2.45, 2.75) is 38.6 Å². The number of hydrogen-bond acceptors (Lipinski definition) is 4. The molecule has 0 radical (unpaired) electrons. The Bertz CT molecular complexity index is 290. The van der Waals surface area contributed by atoms with E-state index in [-0.39, 0.29) is 24.2 Å². The summed E-state index contributed by atoms with van der Waals surface area (Å²) in [4.78, 5) is 2.12. The molecule has 0 aromatic heterocycles. The summed E-state index contributed by atoms with van der Waals surface area (Å²) in [6.07, 6.45) is 4.73. The fourth-order valence-corrected chi connectivity index (χ4v) is 3.71. The number of unbranched alkanes of at least 4 members (excludes halogenated alkanes) is 3. The van der Waals surface area contributed by atoms with Crippen LogP contribution in [0.3, 0.4) is 0 Å². The lowest BCUT2D eigenvalue weighted by Gasteiger charge is -2.34. The molecular weight excluding hydrogens is 226 g/mol. The van der Waals surface area contributed by atoms with Gasteiger partial charge in [0.25, 0.3) is 0 Å². The predicted molar refractivity (Wildman–Crippen MR) is 65.2 cm³/mol. The SMILES string of the molecule is CCCCCCN1CCS(=O)(=O)C[C@@H]1CO. The summed E-state index contributed by atoms with van der Waals surface area (Å²) >= 11 is 0. The first-order valence-electron chi connectivity index (χ1n) is 6.14. The van der Waals surface area contributed by atoms with E-state index >= 15 is 0 Å². The van der Waals surface area contributed by atoms with E-state index in [0.717, 1.165) is 13.0 Å². The molecule has 1 atom stereocenters. The van der Waals surface area contributed by atoms with Crippen molar-refractivity contribution in [1.29, 1.82) is 0 Å². The molecule has 0 spiro atoms. The molecule has 1 aliphatic heterocycles. The Morgan fingerprint density at radius 3 is 2.69 bits per heavy atom. The molecule has 5 heteroatoms. The van der Waals surface area contributed by atoms with Crippen LogP contribution in [0.2, 0.25) is 0 Å². The normalized spacial score (nSPS) is 25.8. The molecule has 1 fully saturated rings. The third kappa shape index (κ3) is 4.39. The van der Waals surface area contributed by atoms with Crippen LogP contribution >= 0.6 is 0 Å². The number of rotatable bonds is 6. The second kappa shape index (κ2) is 6.57.